The van der Waals surface area contributed by atoms with Gasteiger partial charge < -0.3 is 5.32 Å². The highest BCUT2D eigenvalue weighted by Gasteiger charge is 2.19. The maximum Gasteiger partial charge on any atom is 0.127 e. The molecular formula is C17H27FN2. The first-order valence-corrected chi connectivity index (χ1v) is 7.75. The van der Waals surface area contributed by atoms with Crippen molar-refractivity contribution in [3.8, 4) is 0 Å². The molecule has 1 saturated heterocycles. The first-order chi connectivity index (χ1) is 9.54. The molecule has 1 heterocycles. The molecule has 2 rings (SSSR count). The van der Waals surface area contributed by atoms with E-state index in [0.29, 0.717) is 5.92 Å². The molecule has 1 aliphatic rings. The Morgan fingerprint density at radius 3 is 2.85 bits per heavy atom. The SMILES string of the molecule is CC(C)CNCc1ccc(F)c(CN2CCC(C)C2)c1. The summed E-state index contributed by atoms with van der Waals surface area (Å²) < 4.78 is 13.9. The lowest BCUT2D eigenvalue weighted by molar-refractivity contribution is 0.315. The third kappa shape index (κ3) is 4.57. The molecule has 1 aromatic rings. The van der Waals surface area contributed by atoms with E-state index in [0.717, 1.165) is 44.2 Å². The molecule has 0 aromatic heterocycles. The zero-order chi connectivity index (χ0) is 14.5. The van der Waals surface area contributed by atoms with Gasteiger partial charge in [-0.3, -0.25) is 4.90 Å². The first-order valence-electron chi connectivity index (χ1n) is 7.75. The Morgan fingerprint density at radius 1 is 1.40 bits per heavy atom. The summed E-state index contributed by atoms with van der Waals surface area (Å²) in [6.07, 6.45) is 1.23. The van der Waals surface area contributed by atoms with Crippen molar-refractivity contribution in [2.45, 2.75) is 40.3 Å². The average molecular weight is 278 g/mol. The summed E-state index contributed by atoms with van der Waals surface area (Å²) in [6.45, 7) is 11.4. The van der Waals surface area contributed by atoms with E-state index in [1.54, 1.807) is 6.07 Å². The van der Waals surface area contributed by atoms with Gasteiger partial charge in [-0.25, -0.2) is 4.39 Å². The van der Waals surface area contributed by atoms with E-state index in [2.05, 4.69) is 31.0 Å². The molecule has 0 bridgehead atoms. The summed E-state index contributed by atoms with van der Waals surface area (Å²) in [5, 5.41) is 3.41. The van der Waals surface area contributed by atoms with Gasteiger partial charge in [0.2, 0.25) is 0 Å². The molecule has 1 aliphatic heterocycles. The number of benzene rings is 1. The Balaban J connectivity index is 1.94. The van der Waals surface area contributed by atoms with Crippen LogP contribution in [0, 0.1) is 17.7 Å². The van der Waals surface area contributed by atoms with Gasteiger partial charge in [-0.15, -0.1) is 0 Å². The van der Waals surface area contributed by atoms with E-state index in [9.17, 15) is 4.39 Å². The summed E-state index contributed by atoms with van der Waals surface area (Å²) in [6, 6.07) is 5.52. The third-order valence-corrected chi connectivity index (χ3v) is 3.89. The van der Waals surface area contributed by atoms with E-state index in [1.807, 2.05) is 12.1 Å². The highest BCUT2D eigenvalue weighted by molar-refractivity contribution is 5.25. The van der Waals surface area contributed by atoms with E-state index in [1.165, 1.54) is 12.0 Å². The van der Waals surface area contributed by atoms with Crippen molar-refractivity contribution in [1.82, 2.24) is 10.2 Å². The van der Waals surface area contributed by atoms with Crippen LogP contribution < -0.4 is 5.32 Å². The maximum absolute atomic E-state index is 13.9. The Hall–Kier alpha value is -0.930. The van der Waals surface area contributed by atoms with Crippen molar-refractivity contribution < 1.29 is 4.39 Å². The third-order valence-electron chi connectivity index (χ3n) is 3.89. The standard InChI is InChI=1S/C17H27FN2/c1-13(2)9-19-10-15-4-5-17(18)16(8-15)12-20-7-6-14(3)11-20/h4-5,8,13-14,19H,6-7,9-12H2,1-3H3. The van der Waals surface area contributed by atoms with Gasteiger partial charge in [0, 0.05) is 25.2 Å². The Morgan fingerprint density at radius 2 is 2.20 bits per heavy atom. The molecule has 0 spiro atoms. The van der Waals surface area contributed by atoms with Gasteiger partial charge in [-0.05, 0) is 43.0 Å². The maximum atomic E-state index is 13.9. The number of hydrogen-bond acceptors (Lipinski definition) is 2. The van der Waals surface area contributed by atoms with Crippen LogP contribution in [0.1, 0.15) is 38.3 Å². The van der Waals surface area contributed by atoms with Crippen LogP contribution in [-0.4, -0.2) is 24.5 Å². The number of nitrogens with zero attached hydrogens (tertiary/aromatic N) is 1. The lowest BCUT2D eigenvalue weighted by Crippen LogP contribution is -2.21. The topological polar surface area (TPSA) is 15.3 Å². The number of halogens is 1. The van der Waals surface area contributed by atoms with E-state index < -0.39 is 0 Å². The van der Waals surface area contributed by atoms with Gasteiger partial charge in [-0.2, -0.15) is 0 Å². The summed E-state index contributed by atoms with van der Waals surface area (Å²) in [4.78, 5) is 2.36. The molecule has 0 radical (unpaired) electrons. The highest BCUT2D eigenvalue weighted by Crippen LogP contribution is 2.20. The molecule has 1 fully saturated rings. The lowest BCUT2D eigenvalue weighted by atomic mass is 10.1. The molecule has 1 atom stereocenters. The minimum atomic E-state index is -0.0721. The molecule has 0 saturated carbocycles. The zero-order valence-corrected chi connectivity index (χ0v) is 13.0. The number of nitrogens with one attached hydrogen (secondary N) is 1. The Kier molecular flexibility index (Phi) is 5.55. The molecule has 20 heavy (non-hydrogen) atoms. The van der Waals surface area contributed by atoms with Crippen molar-refractivity contribution in [2.75, 3.05) is 19.6 Å². The molecule has 1 unspecified atom stereocenters. The van der Waals surface area contributed by atoms with Crippen molar-refractivity contribution in [3.05, 3.63) is 35.1 Å². The molecule has 1 aromatic carbocycles. The van der Waals surface area contributed by atoms with Crippen LogP contribution in [0.2, 0.25) is 0 Å². The van der Waals surface area contributed by atoms with Crippen LogP contribution in [-0.2, 0) is 13.1 Å². The lowest BCUT2D eigenvalue weighted by Gasteiger charge is -2.17. The van der Waals surface area contributed by atoms with E-state index >= 15 is 0 Å². The summed E-state index contributed by atoms with van der Waals surface area (Å²) in [7, 11) is 0. The van der Waals surface area contributed by atoms with Crippen molar-refractivity contribution in [3.63, 3.8) is 0 Å². The van der Waals surface area contributed by atoms with E-state index in [4.69, 9.17) is 0 Å². The number of hydrogen-bond donors (Lipinski definition) is 1. The second kappa shape index (κ2) is 7.19. The van der Waals surface area contributed by atoms with Gasteiger partial charge in [-0.1, -0.05) is 32.9 Å². The second-order valence-corrected chi connectivity index (χ2v) is 6.58. The van der Waals surface area contributed by atoms with Crippen LogP contribution in [0.4, 0.5) is 4.39 Å². The Bertz CT molecular complexity index is 431. The monoisotopic (exact) mass is 278 g/mol. The molecule has 2 nitrogen and oxygen atoms in total. The van der Waals surface area contributed by atoms with Crippen LogP contribution >= 0.6 is 0 Å². The summed E-state index contributed by atoms with van der Waals surface area (Å²) in [5.74, 6) is 1.31. The van der Waals surface area contributed by atoms with Gasteiger partial charge in [0.15, 0.2) is 0 Å². The van der Waals surface area contributed by atoms with Crippen LogP contribution in [0.3, 0.4) is 0 Å². The van der Waals surface area contributed by atoms with E-state index in [-0.39, 0.29) is 5.82 Å². The molecule has 0 amide bonds. The Labute approximate surface area is 122 Å². The van der Waals surface area contributed by atoms with Crippen LogP contribution in [0.25, 0.3) is 0 Å². The predicted octanol–water partition coefficient (Wildman–Crippen LogP) is 3.41. The fourth-order valence-corrected chi connectivity index (χ4v) is 2.78. The first kappa shape index (κ1) is 15.5. The number of rotatable bonds is 6. The second-order valence-electron chi connectivity index (χ2n) is 6.58. The molecule has 0 aliphatic carbocycles. The molecular weight excluding hydrogens is 251 g/mol. The van der Waals surface area contributed by atoms with Gasteiger partial charge in [0.1, 0.15) is 5.82 Å². The van der Waals surface area contributed by atoms with Crippen LogP contribution in [0.15, 0.2) is 18.2 Å². The van der Waals surface area contributed by atoms with Gasteiger partial charge >= 0.3 is 0 Å². The zero-order valence-electron chi connectivity index (χ0n) is 13.0. The number of likely N-dealkylation sites (tertiary alicyclic amines) is 1. The highest BCUT2D eigenvalue weighted by atomic mass is 19.1. The predicted molar refractivity (Wildman–Crippen MR) is 82.0 cm³/mol. The fraction of sp³-hybridized carbons (Fsp3) is 0.647. The van der Waals surface area contributed by atoms with Crippen molar-refractivity contribution in [1.29, 1.82) is 0 Å². The summed E-state index contributed by atoms with van der Waals surface area (Å²) >= 11 is 0. The van der Waals surface area contributed by atoms with Gasteiger partial charge in [0.05, 0.1) is 0 Å². The van der Waals surface area contributed by atoms with Gasteiger partial charge in [0.25, 0.3) is 0 Å². The minimum absolute atomic E-state index is 0.0721. The minimum Gasteiger partial charge on any atom is -0.312 e. The summed E-state index contributed by atoms with van der Waals surface area (Å²) in [5.41, 5.74) is 2.01. The quantitative estimate of drug-likeness (QED) is 0.858. The van der Waals surface area contributed by atoms with Crippen molar-refractivity contribution >= 4 is 0 Å². The fourth-order valence-electron chi connectivity index (χ4n) is 2.78. The smallest absolute Gasteiger partial charge is 0.127 e. The van der Waals surface area contributed by atoms with Crippen molar-refractivity contribution in [2.24, 2.45) is 11.8 Å². The molecule has 1 N–H and O–H groups in total. The normalized spacial score (nSPS) is 19.9. The molecule has 112 valence electrons. The van der Waals surface area contributed by atoms with Crippen LogP contribution in [0.5, 0.6) is 0 Å². The largest absolute Gasteiger partial charge is 0.312 e. The average Bonchev–Trinajstić information content (AvgIpc) is 2.78. The molecule has 3 heteroatoms.